The van der Waals surface area contributed by atoms with Crippen LogP contribution in [-0.2, 0) is 24.1 Å². The Hall–Kier alpha value is -2.43. The van der Waals surface area contributed by atoms with Gasteiger partial charge in [0, 0.05) is 11.8 Å². The van der Waals surface area contributed by atoms with Gasteiger partial charge in [-0.2, -0.15) is 5.10 Å². The van der Waals surface area contributed by atoms with Gasteiger partial charge in [-0.1, -0.05) is 19.1 Å². The monoisotopic (exact) mass is 311 g/mol. The number of aryl methyl sites for hydroxylation is 3. The van der Waals surface area contributed by atoms with Crippen molar-refractivity contribution < 1.29 is 4.79 Å². The summed E-state index contributed by atoms with van der Waals surface area (Å²) in [5.74, 6) is -0.234. The molecule has 1 atom stereocenters. The average molecular weight is 311 g/mol. The number of hydrogen-bond donors (Lipinski definition) is 1. The van der Waals surface area contributed by atoms with E-state index in [-0.39, 0.29) is 11.5 Å². The zero-order chi connectivity index (χ0) is 16.4. The zero-order valence-corrected chi connectivity index (χ0v) is 13.5. The molecule has 1 aromatic carbocycles. The fourth-order valence-corrected chi connectivity index (χ4v) is 2.87. The van der Waals surface area contributed by atoms with Crippen LogP contribution in [0.1, 0.15) is 43.1 Å². The van der Waals surface area contributed by atoms with Crippen LogP contribution in [0.3, 0.4) is 0 Å². The molecule has 1 unspecified atom stereocenters. The lowest BCUT2D eigenvalue weighted by Gasteiger charge is -2.15. The molecule has 1 aromatic heterocycles. The number of nitrogens with one attached hydrogen (secondary N) is 1. The van der Waals surface area contributed by atoms with Crippen molar-refractivity contribution in [2.45, 2.75) is 45.6 Å². The van der Waals surface area contributed by atoms with Crippen LogP contribution in [0.4, 0.5) is 5.69 Å². The second kappa shape index (κ2) is 6.36. The van der Waals surface area contributed by atoms with Crippen molar-refractivity contribution in [1.82, 2.24) is 9.78 Å². The molecule has 0 radical (unpaired) electrons. The number of hydrogen-bond acceptors (Lipinski definition) is 3. The number of aromatic nitrogens is 2. The molecule has 1 aliphatic carbocycles. The van der Waals surface area contributed by atoms with E-state index in [9.17, 15) is 9.59 Å². The second-order valence-electron chi connectivity index (χ2n) is 5.97. The Morgan fingerprint density at radius 2 is 2.04 bits per heavy atom. The van der Waals surface area contributed by atoms with Gasteiger partial charge in [0.05, 0.1) is 5.69 Å². The minimum atomic E-state index is -0.640. The van der Waals surface area contributed by atoms with Gasteiger partial charge in [0.25, 0.3) is 5.56 Å². The minimum Gasteiger partial charge on any atom is -0.324 e. The van der Waals surface area contributed by atoms with Crippen molar-refractivity contribution in [2.24, 2.45) is 0 Å². The maximum absolute atomic E-state index is 12.4. The van der Waals surface area contributed by atoms with E-state index in [1.807, 2.05) is 24.3 Å². The highest BCUT2D eigenvalue weighted by molar-refractivity contribution is 5.93. The van der Waals surface area contributed by atoms with Crippen molar-refractivity contribution in [3.8, 4) is 0 Å². The Bertz CT molecular complexity index is 778. The largest absolute Gasteiger partial charge is 0.324 e. The van der Waals surface area contributed by atoms with E-state index in [4.69, 9.17) is 0 Å². The summed E-state index contributed by atoms with van der Waals surface area (Å²) in [6, 6.07) is 8.71. The quantitative estimate of drug-likeness (QED) is 0.943. The summed E-state index contributed by atoms with van der Waals surface area (Å²) in [4.78, 5) is 24.6. The third-order valence-electron chi connectivity index (χ3n) is 4.36. The van der Waals surface area contributed by atoms with Gasteiger partial charge >= 0.3 is 0 Å². The van der Waals surface area contributed by atoms with Crippen LogP contribution in [0.25, 0.3) is 0 Å². The SMILES string of the molecule is CCc1ccc(NC(=O)C(C)n2nc3c(cc2=O)CCC3)cc1. The molecule has 5 nitrogen and oxygen atoms in total. The maximum Gasteiger partial charge on any atom is 0.267 e. The zero-order valence-electron chi connectivity index (χ0n) is 13.5. The highest BCUT2D eigenvalue weighted by atomic mass is 16.2. The molecule has 0 fully saturated rings. The lowest BCUT2D eigenvalue weighted by Crippen LogP contribution is -2.33. The molecule has 0 saturated carbocycles. The fraction of sp³-hybridized carbons (Fsp3) is 0.389. The van der Waals surface area contributed by atoms with Gasteiger partial charge < -0.3 is 5.32 Å². The highest BCUT2D eigenvalue weighted by Gasteiger charge is 2.21. The lowest BCUT2D eigenvalue weighted by atomic mass is 10.1. The summed E-state index contributed by atoms with van der Waals surface area (Å²) in [6.45, 7) is 3.78. The fourth-order valence-electron chi connectivity index (χ4n) is 2.87. The summed E-state index contributed by atoms with van der Waals surface area (Å²) in [5.41, 5.74) is 3.70. The molecule has 0 aliphatic heterocycles. The Morgan fingerprint density at radius 3 is 2.74 bits per heavy atom. The van der Waals surface area contributed by atoms with E-state index < -0.39 is 6.04 Å². The molecule has 1 aliphatic rings. The molecule has 2 aromatic rings. The number of carbonyl (C=O) groups excluding carboxylic acids is 1. The molecule has 1 N–H and O–H groups in total. The number of nitrogens with zero attached hydrogens (tertiary/aromatic N) is 2. The van der Waals surface area contributed by atoms with Crippen LogP contribution >= 0.6 is 0 Å². The van der Waals surface area contributed by atoms with E-state index in [2.05, 4.69) is 17.3 Å². The summed E-state index contributed by atoms with van der Waals surface area (Å²) in [5, 5.41) is 7.23. The van der Waals surface area contributed by atoms with E-state index in [0.29, 0.717) is 0 Å². The molecule has 1 amide bonds. The number of fused-ring (bicyclic) bond motifs is 1. The number of carbonyl (C=O) groups is 1. The summed E-state index contributed by atoms with van der Waals surface area (Å²) < 4.78 is 1.29. The van der Waals surface area contributed by atoms with E-state index in [0.717, 1.165) is 42.6 Å². The molecule has 3 rings (SSSR count). The molecule has 0 saturated heterocycles. The number of benzene rings is 1. The van der Waals surface area contributed by atoms with Gasteiger partial charge in [0.1, 0.15) is 6.04 Å². The van der Waals surface area contributed by atoms with Crippen molar-refractivity contribution in [3.05, 3.63) is 57.5 Å². The highest BCUT2D eigenvalue weighted by Crippen LogP contribution is 2.18. The molecule has 0 spiro atoms. The standard InChI is InChI=1S/C18H21N3O2/c1-3-13-7-9-15(10-8-13)19-18(23)12(2)21-17(22)11-14-5-4-6-16(14)20-21/h7-12H,3-6H2,1-2H3,(H,19,23). The van der Waals surface area contributed by atoms with Gasteiger partial charge in [-0.3, -0.25) is 9.59 Å². The lowest BCUT2D eigenvalue weighted by molar-refractivity contribution is -0.119. The Labute approximate surface area is 135 Å². The first kappa shape index (κ1) is 15.5. The molecule has 23 heavy (non-hydrogen) atoms. The van der Waals surface area contributed by atoms with Crippen molar-refractivity contribution in [2.75, 3.05) is 5.32 Å². The van der Waals surface area contributed by atoms with Gasteiger partial charge in [0.2, 0.25) is 5.91 Å². The van der Waals surface area contributed by atoms with Crippen molar-refractivity contribution in [3.63, 3.8) is 0 Å². The van der Waals surface area contributed by atoms with Gasteiger partial charge in [-0.15, -0.1) is 0 Å². The van der Waals surface area contributed by atoms with E-state index in [1.54, 1.807) is 13.0 Å². The summed E-state index contributed by atoms with van der Waals surface area (Å²) in [7, 11) is 0. The van der Waals surface area contributed by atoms with E-state index in [1.165, 1.54) is 10.2 Å². The van der Waals surface area contributed by atoms with Crippen LogP contribution in [-0.4, -0.2) is 15.7 Å². The first-order valence-corrected chi connectivity index (χ1v) is 8.10. The van der Waals surface area contributed by atoms with Crippen LogP contribution in [0.2, 0.25) is 0 Å². The number of rotatable bonds is 4. The van der Waals surface area contributed by atoms with Crippen molar-refractivity contribution in [1.29, 1.82) is 0 Å². The van der Waals surface area contributed by atoms with Crippen LogP contribution in [0, 0.1) is 0 Å². The molecule has 5 heteroatoms. The number of anilines is 1. The third kappa shape index (κ3) is 3.18. The first-order valence-electron chi connectivity index (χ1n) is 8.10. The van der Waals surface area contributed by atoms with Gasteiger partial charge in [-0.25, -0.2) is 4.68 Å². The Kier molecular flexibility index (Phi) is 4.28. The van der Waals surface area contributed by atoms with E-state index >= 15 is 0 Å². The predicted molar refractivity (Wildman–Crippen MR) is 89.7 cm³/mol. The molecule has 0 bridgehead atoms. The minimum absolute atomic E-state index is 0.213. The normalized spacial score (nSPS) is 14.3. The Morgan fingerprint density at radius 1 is 1.30 bits per heavy atom. The molecule has 1 heterocycles. The maximum atomic E-state index is 12.4. The average Bonchev–Trinajstić information content (AvgIpc) is 3.01. The first-order chi connectivity index (χ1) is 11.1. The second-order valence-corrected chi connectivity index (χ2v) is 5.97. The van der Waals surface area contributed by atoms with Crippen LogP contribution in [0.15, 0.2) is 35.1 Å². The number of amides is 1. The smallest absolute Gasteiger partial charge is 0.267 e. The van der Waals surface area contributed by atoms with Crippen LogP contribution in [0.5, 0.6) is 0 Å². The summed E-state index contributed by atoms with van der Waals surface area (Å²) in [6.07, 6.45) is 3.76. The third-order valence-corrected chi connectivity index (χ3v) is 4.36. The van der Waals surface area contributed by atoms with Gasteiger partial charge in [0.15, 0.2) is 0 Å². The topological polar surface area (TPSA) is 64.0 Å². The predicted octanol–water partition coefficient (Wildman–Crippen LogP) is 2.49. The van der Waals surface area contributed by atoms with Crippen LogP contribution < -0.4 is 10.9 Å². The molecular formula is C18H21N3O2. The Balaban J connectivity index is 1.78. The summed E-state index contributed by atoms with van der Waals surface area (Å²) >= 11 is 0. The molecular weight excluding hydrogens is 290 g/mol. The van der Waals surface area contributed by atoms with Crippen molar-refractivity contribution >= 4 is 11.6 Å². The van der Waals surface area contributed by atoms with Gasteiger partial charge in [-0.05, 0) is 55.9 Å². The molecule has 120 valence electrons.